The Morgan fingerprint density at radius 3 is 2.85 bits per heavy atom. The Labute approximate surface area is 117 Å². The zero-order valence-corrected chi connectivity index (χ0v) is 11.3. The smallest absolute Gasteiger partial charge is 0.337 e. The number of nitrogens with one attached hydrogen (secondary N) is 1. The minimum Gasteiger partial charge on any atom is -0.478 e. The van der Waals surface area contributed by atoms with Crippen LogP contribution < -0.4 is 10.2 Å². The van der Waals surface area contributed by atoms with Crippen LogP contribution in [0.25, 0.3) is 0 Å². The highest BCUT2D eigenvalue weighted by Crippen LogP contribution is 2.13. The molecule has 0 bridgehead atoms. The zero-order chi connectivity index (χ0) is 14.7. The Morgan fingerprint density at radius 1 is 1.50 bits per heavy atom. The second-order valence-electron chi connectivity index (χ2n) is 4.00. The van der Waals surface area contributed by atoms with Crippen LogP contribution in [0.4, 0.5) is 5.69 Å². The maximum Gasteiger partial charge on any atom is 0.337 e. The third-order valence-corrected chi connectivity index (χ3v) is 3.48. The van der Waals surface area contributed by atoms with Gasteiger partial charge in [0, 0.05) is 17.3 Å². The van der Waals surface area contributed by atoms with Gasteiger partial charge in [-0.3, -0.25) is 19.1 Å². The lowest BCUT2D eigenvalue weighted by Gasteiger charge is -2.08. The first-order valence-electron chi connectivity index (χ1n) is 5.61. The van der Waals surface area contributed by atoms with E-state index in [0.717, 1.165) is 11.3 Å². The number of carboxylic acids is 1. The number of carboxylic acid groups (broad SMARTS) is 1. The van der Waals surface area contributed by atoms with Gasteiger partial charge in [0.25, 0.3) is 0 Å². The van der Waals surface area contributed by atoms with Gasteiger partial charge in [-0.25, -0.2) is 4.79 Å². The minimum atomic E-state index is -1.16. The van der Waals surface area contributed by atoms with Gasteiger partial charge in [0.05, 0.1) is 17.4 Å². The fourth-order valence-corrected chi connectivity index (χ4v) is 2.34. The average molecular weight is 293 g/mol. The number of nitrogens with zero attached hydrogens (tertiary/aromatic N) is 2. The highest BCUT2D eigenvalue weighted by molar-refractivity contribution is 7.07. The summed E-state index contributed by atoms with van der Waals surface area (Å²) in [6.45, 7) is 1.56. The largest absolute Gasteiger partial charge is 0.478 e. The molecule has 1 amide bonds. The summed E-state index contributed by atoms with van der Waals surface area (Å²) in [6.07, 6.45) is 2.58. The van der Waals surface area contributed by atoms with Crippen LogP contribution in [-0.2, 0) is 11.3 Å². The number of aromatic nitrogens is 2. The van der Waals surface area contributed by atoms with E-state index in [0.29, 0.717) is 5.69 Å². The normalized spacial score (nSPS) is 10.2. The Balaban J connectivity index is 2.17. The van der Waals surface area contributed by atoms with Gasteiger partial charge in [0.2, 0.25) is 5.91 Å². The number of carbonyl (C=O) groups is 2. The number of aryl methyl sites for hydroxylation is 1. The van der Waals surface area contributed by atoms with Crippen molar-refractivity contribution >= 4 is 28.9 Å². The molecule has 0 fully saturated rings. The van der Waals surface area contributed by atoms with E-state index < -0.39 is 11.9 Å². The fraction of sp³-hybridized carbons (Fsp3) is 0.167. The van der Waals surface area contributed by atoms with Gasteiger partial charge in [0.15, 0.2) is 0 Å². The lowest BCUT2D eigenvalue weighted by molar-refractivity contribution is -0.116. The number of amides is 1. The Morgan fingerprint density at radius 2 is 2.25 bits per heavy atom. The molecular formula is C12H11N3O4S. The molecule has 0 radical (unpaired) electrons. The van der Waals surface area contributed by atoms with Crippen LogP contribution in [-0.4, -0.2) is 26.5 Å². The number of carbonyl (C=O) groups excluding carboxylic acids is 1. The maximum absolute atomic E-state index is 11.9. The summed E-state index contributed by atoms with van der Waals surface area (Å²) in [5.74, 6) is -1.64. The van der Waals surface area contributed by atoms with E-state index in [9.17, 15) is 14.4 Å². The number of thiazole rings is 1. The van der Waals surface area contributed by atoms with Crippen molar-refractivity contribution in [2.24, 2.45) is 0 Å². The van der Waals surface area contributed by atoms with Gasteiger partial charge in [-0.2, -0.15) is 0 Å². The van der Waals surface area contributed by atoms with Crippen LogP contribution in [0.2, 0.25) is 0 Å². The lowest BCUT2D eigenvalue weighted by atomic mass is 10.2. The fourth-order valence-electron chi connectivity index (χ4n) is 1.61. The third-order valence-electron chi connectivity index (χ3n) is 2.60. The molecule has 2 aromatic rings. The molecule has 0 aliphatic rings. The van der Waals surface area contributed by atoms with Crippen LogP contribution in [0, 0.1) is 6.92 Å². The monoisotopic (exact) mass is 293 g/mol. The Bertz CT molecular complexity index is 719. The van der Waals surface area contributed by atoms with E-state index in [2.05, 4.69) is 10.3 Å². The van der Waals surface area contributed by atoms with Crippen molar-refractivity contribution < 1.29 is 14.7 Å². The minimum absolute atomic E-state index is 0.0530. The second kappa shape index (κ2) is 5.66. The van der Waals surface area contributed by atoms with Crippen molar-refractivity contribution in [3.05, 3.63) is 44.8 Å². The lowest BCUT2D eigenvalue weighted by Crippen LogP contribution is -2.25. The number of hydrogen-bond donors (Lipinski definition) is 2. The van der Waals surface area contributed by atoms with Crippen molar-refractivity contribution in [2.75, 3.05) is 5.32 Å². The molecule has 20 heavy (non-hydrogen) atoms. The predicted molar refractivity (Wildman–Crippen MR) is 73.1 cm³/mol. The zero-order valence-electron chi connectivity index (χ0n) is 10.5. The van der Waals surface area contributed by atoms with Crippen molar-refractivity contribution in [2.45, 2.75) is 13.5 Å². The average Bonchev–Trinajstić information content (AvgIpc) is 2.71. The molecule has 0 aliphatic carbocycles. The van der Waals surface area contributed by atoms with Crippen LogP contribution in [0.15, 0.2) is 28.6 Å². The van der Waals surface area contributed by atoms with Gasteiger partial charge in [-0.05, 0) is 13.0 Å². The molecule has 7 nitrogen and oxygen atoms in total. The van der Waals surface area contributed by atoms with Crippen LogP contribution >= 0.6 is 11.3 Å². The molecule has 104 valence electrons. The molecule has 8 heteroatoms. The van der Waals surface area contributed by atoms with E-state index in [1.807, 2.05) is 0 Å². The van der Waals surface area contributed by atoms with Crippen LogP contribution in [0.3, 0.4) is 0 Å². The molecular weight excluding hydrogens is 282 g/mol. The molecule has 2 aromatic heterocycles. The van der Waals surface area contributed by atoms with Gasteiger partial charge >= 0.3 is 10.8 Å². The summed E-state index contributed by atoms with van der Waals surface area (Å²) >= 11 is 1.01. The highest BCUT2D eigenvalue weighted by atomic mass is 32.1. The summed E-state index contributed by atoms with van der Waals surface area (Å²) in [6, 6.07) is 1.29. The van der Waals surface area contributed by atoms with Gasteiger partial charge in [-0.15, -0.1) is 0 Å². The first kappa shape index (κ1) is 13.9. The summed E-state index contributed by atoms with van der Waals surface area (Å²) < 4.78 is 1.32. The Hall–Kier alpha value is -2.48. The van der Waals surface area contributed by atoms with Crippen molar-refractivity contribution in [1.82, 2.24) is 9.55 Å². The molecule has 0 atom stereocenters. The van der Waals surface area contributed by atoms with Crippen LogP contribution in [0.5, 0.6) is 0 Å². The first-order chi connectivity index (χ1) is 9.49. The van der Waals surface area contributed by atoms with Crippen molar-refractivity contribution in [3.63, 3.8) is 0 Å². The van der Waals surface area contributed by atoms with E-state index in [-0.39, 0.29) is 22.7 Å². The van der Waals surface area contributed by atoms with Gasteiger partial charge in [0.1, 0.15) is 6.54 Å². The van der Waals surface area contributed by atoms with Gasteiger partial charge < -0.3 is 10.4 Å². The molecule has 2 rings (SSSR count). The molecule has 0 saturated carbocycles. The van der Waals surface area contributed by atoms with Crippen LogP contribution in [0.1, 0.15) is 16.1 Å². The molecule has 2 heterocycles. The summed E-state index contributed by atoms with van der Waals surface area (Å²) in [7, 11) is 0. The Kier molecular flexibility index (Phi) is 3.94. The topological polar surface area (TPSA) is 101 Å². The SMILES string of the molecule is Cc1csc(=O)n1CC(=O)Nc1cnccc1C(=O)O. The highest BCUT2D eigenvalue weighted by Gasteiger charge is 2.14. The maximum atomic E-state index is 11.9. The number of anilines is 1. The summed E-state index contributed by atoms with van der Waals surface area (Å²) in [5.41, 5.74) is 0.730. The van der Waals surface area contributed by atoms with E-state index in [4.69, 9.17) is 5.11 Å². The standard InChI is InChI=1S/C12H11N3O4S/c1-7-6-20-12(19)15(7)5-10(16)14-9-4-13-3-2-8(9)11(17)18/h2-4,6H,5H2,1H3,(H,14,16)(H,17,18). The number of rotatable bonds is 4. The first-order valence-corrected chi connectivity index (χ1v) is 6.49. The third kappa shape index (κ3) is 2.91. The molecule has 0 aromatic carbocycles. The molecule has 0 saturated heterocycles. The summed E-state index contributed by atoms with van der Waals surface area (Å²) in [5, 5.41) is 13.1. The van der Waals surface area contributed by atoms with E-state index in [1.165, 1.54) is 23.0 Å². The predicted octanol–water partition coefficient (Wildman–Crippen LogP) is 0.950. The number of hydrogen-bond acceptors (Lipinski definition) is 5. The number of pyridine rings is 1. The number of aromatic carboxylic acids is 1. The molecule has 0 spiro atoms. The quantitative estimate of drug-likeness (QED) is 0.874. The van der Waals surface area contributed by atoms with Crippen molar-refractivity contribution in [1.29, 1.82) is 0 Å². The van der Waals surface area contributed by atoms with E-state index in [1.54, 1.807) is 12.3 Å². The van der Waals surface area contributed by atoms with E-state index >= 15 is 0 Å². The molecule has 2 N–H and O–H groups in total. The molecule has 0 aliphatic heterocycles. The summed E-state index contributed by atoms with van der Waals surface area (Å²) in [4.78, 5) is 37.9. The van der Waals surface area contributed by atoms with Crippen molar-refractivity contribution in [3.8, 4) is 0 Å². The second-order valence-corrected chi connectivity index (χ2v) is 4.82. The molecule has 0 unspecified atom stereocenters. The van der Waals surface area contributed by atoms with Gasteiger partial charge in [-0.1, -0.05) is 11.3 Å².